The van der Waals surface area contributed by atoms with Crippen molar-refractivity contribution in [3.05, 3.63) is 54.0 Å². The molecule has 9 nitrogen and oxygen atoms in total. The summed E-state index contributed by atoms with van der Waals surface area (Å²) in [4.78, 5) is 22.5. The lowest BCUT2D eigenvalue weighted by Gasteiger charge is -2.33. The van der Waals surface area contributed by atoms with Crippen LogP contribution < -0.4 is 4.74 Å². The number of carbonyl (C=O) groups excluding carboxylic acids is 1. The van der Waals surface area contributed by atoms with Gasteiger partial charge in [-0.25, -0.2) is 4.98 Å². The molecule has 9 heteroatoms. The van der Waals surface area contributed by atoms with Gasteiger partial charge in [0.2, 0.25) is 5.76 Å². The number of oxazole rings is 1. The van der Waals surface area contributed by atoms with Crippen LogP contribution in [0.2, 0.25) is 0 Å². The monoisotopic (exact) mass is 354 g/mol. The highest BCUT2D eigenvalue weighted by Crippen LogP contribution is 2.27. The first kappa shape index (κ1) is 16.2. The zero-order chi connectivity index (χ0) is 18.1. The Morgan fingerprint density at radius 2 is 2.27 bits per heavy atom. The molecule has 1 aliphatic rings. The first-order valence-corrected chi connectivity index (χ1v) is 8.31. The molecular formula is C17H18N6O3. The van der Waals surface area contributed by atoms with Crippen LogP contribution in [0.3, 0.4) is 0 Å². The van der Waals surface area contributed by atoms with E-state index in [4.69, 9.17) is 9.15 Å². The van der Waals surface area contributed by atoms with Gasteiger partial charge >= 0.3 is 0 Å². The third-order valence-corrected chi connectivity index (χ3v) is 4.46. The van der Waals surface area contributed by atoms with Gasteiger partial charge < -0.3 is 18.6 Å². The largest absolute Gasteiger partial charge is 0.484 e. The minimum Gasteiger partial charge on any atom is -0.484 e. The average Bonchev–Trinajstić information content (AvgIpc) is 3.27. The summed E-state index contributed by atoms with van der Waals surface area (Å²) in [7, 11) is 0. The number of aromatic nitrogens is 5. The first-order chi connectivity index (χ1) is 12.6. The molecule has 3 aromatic rings. The second kappa shape index (κ2) is 6.58. The van der Waals surface area contributed by atoms with Crippen LogP contribution in [0.1, 0.15) is 40.9 Å². The lowest BCUT2D eigenvalue weighted by molar-refractivity contribution is 0.0601. The molecule has 0 radical (unpaired) electrons. The highest BCUT2D eigenvalue weighted by Gasteiger charge is 2.33. The molecule has 4 rings (SSSR count). The molecule has 1 amide bonds. The number of pyridine rings is 1. The Morgan fingerprint density at radius 1 is 1.38 bits per heavy atom. The van der Waals surface area contributed by atoms with Crippen molar-refractivity contribution in [2.75, 3.05) is 6.54 Å². The number of aryl methyl sites for hydroxylation is 1. The second-order valence-corrected chi connectivity index (χ2v) is 6.04. The molecule has 0 N–H and O–H groups in total. The number of fused-ring (bicyclic) bond motifs is 1. The van der Waals surface area contributed by atoms with E-state index >= 15 is 0 Å². The van der Waals surface area contributed by atoms with Crippen LogP contribution in [0.5, 0.6) is 5.75 Å². The van der Waals surface area contributed by atoms with E-state index in [1.165, 1.54) is 6.39 Å². The third kappa shape index (κ3) is 2.81. The summed E-state index contributed by atoms with van der Waals surface area (Å²) in [6, 6.07) is 3.43. The van der Waals surface area contributed by atoms with Gasteiger partial charge in [-0.1, -0.05) is 0 Å². The van der Waals surface area contributed by atoms with Crippen molar-refractivity contribution in [3.63, 3.8) is 0 Å². The van der Waals surface area contributed by atoms with Crippen molar-refractivity contribution in [3.8, 4) is 5.75 Å². The van der Waals surface area contributed by atoms with Gasteiger partial charge in [0.25, 0.3) is 5.91 Å². The molecular weight excluding hydrogens is 336 g/mol. The molecule has 0 bridgehead atoms. The fourth-order valence-corrected chi connectivity index (χ4v) is 3.04. The highest BCUT2D eigenvalue weighted by molar-refractivity contribution is 5.92. The molecule has 0 aromatic carbocycles. The van der Waals surface area contributed by atoms with Gasteiger partial charge in [-0.05, 0) is 26.0 Å². The summed E-state index contributed by atoms with van der Waals surface area (Å²) >= 11 is 0. The van der Waals surface area contributed by atoms with E-state index in [9.17, 15) is 4.79 Å². The zero-order valence-corrected chi connectivity index (χ0v) is 14.5. The molecule has 1 atom stereocenters. The topological polar surface area (TPSA) is 99.2 Å². The lowest BCUT2D eigenvalue weighted by atomic mass is 10.2. The fraction of sp³-hybridized carbons (Fsp3) is 0.353. The first-order valence-electron chi connectivity index (χ1n) is 8.31. The van der Waals surface area contributed by atoms with Crippen molar-refractivity contribution < 1.29 is 13.9 Å². The van der Waals surface area contributed by atoms with Crippen LogP contribution in [0, 0.1) is 6.92 Å². The summed E-state index contributed by atoms with van der Waals surface area (Å²) in [5.74, 6) is 2.20. The Labute approximate surface area is 149 Å². The van der Waals surface area contributed by atoms with E-state index in [1.54, 1.807) is 24.2 Å². The van der Waals surface area contributed by atoms with E-state index < -0.39 is 0 Å². The number of hydrogen-bond acceptors (Lipinski definition) is 7. The summed E-state index contributed by atoms with van der Waals surface area (Å²) in [5.41, 5.74) is 0.583. The molecule has 134 valence electrons. The van der Waals surface area contributed by atoms with E-state index in [1.807, 2.05) is 23.6 Å². The van der Waals surface area contributed by atoms with Crippen LogP contribution in [0.4, 0.5) is 0 Å². The maximum atomic E-state index is 12.7. The fourth-order valence-electron chi connectivity index (χ4n) is 3.04. The van der Waals surface area contributed by atoms with Gasteiger partial charge in [-0.3, -0.25) is 9.78 Å². The van der Waals surface area contributed by atoms with Crippen molar-refractivity contribution in [1.82, 2.24) is 29.6 Å². The average molecular weight is 354 g/mol. The predicted molar refractivity (Wildman–Crippen MR) is 89.3 cm³/mol. The number of amides is 1. The summed E-state index contributed by atoms with van der Waals surface area (Å²) in [5, 5.41) is 8.49. The van der Waals surface area contributed by atoms with Crippen molar-refractivity contribution in [2.45, 2.75) is 33.0 Å². The Bertz CT molecular complexity index is 920. The Hall–Kier alpha value is -3.23. The van der Waals surface area contributed by atoms with Gasteiger partial charge in [-0.15, -0.1) is 10.2 Å². The van der Waals surface area contributed by atoms with Crippen molar-refractivity contribution >= 4 is 5.91 Å². The molecule has 1 unspecified atom stereocenters. The Balaban J connectivity index is 1.51. The smallest absolute Gasteiger partial charge is 0.292 e. The standard InChI is InChI=1S/C17H18N6O3/c1-11-15(26-10-19-11)17(24)22-6-7-23-14(20-21-16(23)12(22)2)9-25-13-4-3-5-18-8-13/h3-5,8,10,12H,6-7,9H2,1-2H3. The summed E-state index contributed by atoms with van der Waals surface area (Å²) < 4.78 is 12.9. The molecule has 3 aromatic heterocycles. The minimum absolute atomic E-state index is 0.185. The lowest BCUT2D eigenvalue weighted by Crippen LogP contribution is -2.41. The number of nitrogens with zero attached hydrogens (tertiary/aromatic N) is 6. The summed E-state index contributed by atoms with van der Waals surface area (Å²) in [6.07, 6.45) is 4.62. The predicted octanol–water partition coefficient (Wildman–Crippen LogP) is 1.77. The van der Waals surface area contributed by atoms with E-state index in [-0.39, 0.29) is 17.7 Å². The minimum atomic E-state index is -0.222. The highest BCUT2D eigenvalue weighted by atomic mass is 16.5. The molecule has 0 fully saturated rings. The molecule has 1 aliphatic heterocycles. The van der Waals surface area contributed by atoms with Crippen molar-refractivity contribution in [1.29, 1.82) is 0 Å². The van der Waals surface area contributed by atoms with Gasteiger partial charge in [0.15, 0.2) is 18.0 Å². The SMILES string of the molecule is Cc1ncoc1C(=O)N1CCn2c(COc3cccnc3)nnc2C1C. The number of ether oxygens (including phenoxy) is 1. The maximum absolute atomic E-state index is 12.7. The van der Waals surface area contributed by atoms with E-state index in [0.29, 0.717) is 31.1 Å². The van der Waals surface area contributed by atoms with Crippen LogP contribution in [0.25, 0.3) is 0 Å². The number of carbonyl (C=O) groups is 1. The van der Waals surface area contributed by atoms with Gasteiger partial charge in [0, 0.05) is 19.3 Å². The van der Waals surface area contributed by atoms with Gasteiger partial charge in [0.05, 0.1) is 17.9 Å². The molecule has 0 saturated carbocycles. The molecule has 26 heavy (non-hydrogen) atoms. The quantitative estimate of drug-likeness (QED) is 0.704. The van der Waals surface area contributed by atoms with Crippen LogP contribution >= 0.6 is 0 Å². The van der Waals surface area contributed by atoms with Crippen LogP contribution in [0.15, 0.2) is 35.3 Å². The normalized spacial score (nSPS) is 16.4. The van der Waals surface area contributed by atoms with Crippen LogP contribution in [-0.4, -0.2) is 42.1 Å². The number of rotatable bonds is 4. The van der Waals surface area contributed by atoms with Crippen molar-refractivity contribution in [2.24, 2.45) is 0 Å². The Kier molecular flexibility index (Phi) is 4.11. The maximum Gasteiger partial charge on any atom is 0.292 e. The van der Waals surface area contributed by atoms with E-state index in [2.05, 4.69) is 20.2 Å². The van der Waals surface area contributed by atoms with Crippen LogP contribution in [-0.2, 0) is 13.2 Å². The molecule has 0 aliphatic carbocycles. The molecule has 0 spiro atoms. The van der Waals surface area contributed by atoms with E-state index in [0.717, 1.165) is 11.6 Å². The number of hydrogen-bond donors (Lipinski definition) is 0. The van der Waals surface area contributed by atoms with Gasteiger partial charge in [-0.2, -0.15) is 0 Å². The Morgan fingerprint density at radius 3 is 3.00 bits per heavy atom. The van der Waals surface area contributed by atoms with Gasteiger partial charge in [0.1, 0.15) is 12.4 Å². The second-order valence-electron chi connectivity index (χ2n) is 6.04. The third-order valence-electron chi connectivity index (χ3n) is 4.46. The zero-order valence-electron chi connectivity index (χ0n) is 14.5. The summed E-state index contributed by atoms with van der Waals surface area (Å²) in [6.45, 7) is 5.10. The molecule has 4 heterocycles. The molecule has 0 saturated heterocycles.